The van der Waals surface area contributed by atoms with Crippen molar-refractivity contribution in [2.75, 3.05) is 11.9 Å². The molecule has 0 aliphatic carbocycles. The number of benzene rings is 3. The van der Waals surface area contributed by atoms with Crippen molar-refractivity contribution in [2.45, 2.75) is 58.9 Å². The van der Waals surface area contributed by atoms with E-state index in [1.54, 1.807) is 11.9 Å². The summed E-state index contributed by atoms with van der Waals surface area (Å²) in [6.07, 6.45) is 2.00. The maximum Gasteiger partial charge on any atom is 0.306 e. The Labute approximate surface area is 236 Å². The van der Waals surface area contributed by atoms with Crippen molar-refractivity contribution < 1.29 is 19.1 Å². The van der Waals surface area contributed by atoms with Gasteiger partial charge in [0.1, 0.15) is 0 Å². The molecule has 4 rings (SSSR count). The first kappa shape index (κ1) is 28.7. The molecule has 0 radical (unpaired) electrons. The Morgan fingerprint density at radius 1 is 0.925 bits per heavy atom. The van der Waals surface area contributed by atoms with E-state index in [1.807, 2.05) is 92.7 Å². The number of nitrogens with one attached hydrogen (secondary N) is 1. The summed E-state index contributed by atoms with van der Waals surface area (Å²) in [5.41, 5.74) is 5.54. The summed E-state index contributed by atoms with van der Waals surface area (Å²) in [5, 5.41) is 9.22. The molecule has 3 aromatic rings. The van der Waals surface area contributed by atoms with Crippen molar-refractivity contribution in [1.29, 1.82) is 0 Å². The molecule has 40 heavy (non-hydrogen) atoms. The summed E-state index contributed by atoms with van der Waals surface area (Å²) in [6, 6.07) is 25.4. The Hall–Kier alpha value is -4.26. The predicted octanol–water partition coefficient (Wildman–Crippen LogP) is 6.09. The second-order valence-electron chi connectivity index (χ2n) is 10.3. The molecule has 0 saturated heterocycles. The first-order chi connectivity index (χ1) is 19.3. The molecular weight excluding hydrogens is 502 g/mol. The monoisotopic (exact) mass is 539 g/mol. The quantitative estimate of drug-likeness (QED) is 0.299. The fourth-order valence-electron chi connectivity index (χ4n) is 4.86. The van der Waals surface area contributed by atoms with Gasteiger partial charge >= 0.3 is 5.97 Å². The Morgan fingerprint density at radius 3 is 2.25 bits per heavy atom. The average Bonchev–Trinajstić information content (AvgIpc) is 2.95. The molecular formula is C33H37N3O4. The van der Waals surface area contributed by atoms with E-state index in [9.17, 15) is 14.4 Å². The van der Waals surface area contributed by atoms with E-state index in [0.717, 1.165) is 28.0 Å². The number of rotatable bonds is 11. The first-order valence-corrected chi connectivity index (χ1v) is 13.9. The van der Waals surface area contributed by atoms with Crippen LogP contribution in [0.25, 0.3) is 0 Å². The molecule has 2 amide bonds. The largest absolute Gasteiger partial charge is 0.466 e. The predicted molar refractivity (Wildman–Crippen MR) is 157 cm³/mol. The highest BCUT2D eigenvalue weighted by Gasteiger charge is 2.25. The number of amides is 2. The maximum absolute atomic E-state index is 13.3. The molecule has 3 aromatic carbocycles. The molecule has 1 N–H and O–H groups in total. The molecule has 1 aliphatic rings. The molecule has 7 heteroatoms. The number of hydrazone groups is 1. The van der Waals surface area contributed by atoms with E-state index in [-0.39, 0.29) is 29.6 Å². The van der Waals surface area contributed by atoms with Crippen LogP contribution in [0.1, 0.15) is 68.2 Å². The van der Waals surface area contributed by atoms with Gasteiger partial charge in [-0.1, -0.05) is 80.6 Å². The normalized spacial score (nSPS) is 14.1. The van der Waals surface area contributed by atoms with E-state index in [0.29, 0.717) is 44.5 Å². The van der Waals surface area contributed by atoms with E-state index in [4.69, 9.17) is 4.74 Å². The Morgan fingerprint density at radius 2 is 1.60 bits per heavy atom. The van der Waals surface area contributed by atoms with Crippen LogP contribution in [0.5, 0.6) is 0 Å². The maximum atomic E-state index is 13.3. The summed E-state index contributed by atoms with van der Waals surface area (Å²) in [4.78, 5) is 37.5. The molecule has 1 aliphatic heterocycles. The lowest BCUT2D eigenvalue weighted by Gasteiger charge is -2.24. The van der Waals surface area contributed by atoms with Crippen LogP contribution in [0.4, 0.5) is 5.69 Å². The molecule has 0 fully saturated rings. The first-order valence-electron chi connectivity index (χ1n) is 13.9. The fourth-order valence-corrected chi connectivity index (χ4v) is 4.86. The molecule has 0 saturated carbocycles. The molecule has 0 spiro atoms. The number of hydrogen-bond acceptors (Lipinski definition) is 5. The third-order valence-corrected chi connectivity index (χ3v) is 6.98. The molecule has 1 atom stereocenters. The Bertz CT molecular complexity index is 1330. The number of esters is 1. The summed E-state index contributed by atoms with van der Waals surface area (Å²) >= 11 is 0. The summed E-state index contributed by atoms with van der Waals surface area (Å²) in [6.45, 7) is 6.62. The number of hydrogen-bond donors (Lipinski definition) is 1. The van der Waals surface area contributed by atoms with Crippen LogP contribution in [-0.4, -0.2) is 35.1 Å². The van der Waals surface area contributed by atoms with Gasteiger partial charge in [0.2, 0.25) is 11.8 Å². The van der Waals surface area contributed by atoms with Gasteiger partial charge in [-0.3, -0.25) is 14.4 Å². The van der Waals surface area contributed by atoms with Gasteiger partial charge in [0, 0.05) is 24.9 Å². The molecule has 0 bridgehead atoms. The van der Waals surface area contributed by atoms with Crippen LogP contribution in [0, 0.1) is 5.92 Å². The zero-order valence-electron chi connectivity index (χ0n) is 23.4. The zero-order chi connectivity index (χ0) is 28.5. The number of carbonyl (C=O) groups excluding carboxylic acids is 3. The Kier molecular flexibility index (Phi) is 9.84. The number of ether oxygens (including phenoxy) is 1. The smallest absolute Gasteiger partial charge is 0.306 e. The third kappa shape index (κ3) is 7.65. The van der Waals surface area contributed by atoms with Crippen molar-refractivity contribution in [3.63, 3.8) is 0 Å². The topological polar surface area (TPSA) is 88.1 Å². The van der Waals surface area contributed by atoms with Crippen molar-refractivity contribution in [3.05, 3.63) is 101 Å². The van der Waals surface area contributed by atoms with Crippen molar-refractivity contribution >= 4 is 29.2 Å². The van der Waals surface area contributed by atoms with Gasteiger partial charge in [-0.05, 0) is 53.6 Å². The number of aryl methyl sites for hydroxylation is 1. The lowest BCUT2D eigenvalue weighted by molar-refractivity contribution is -0.143. The van der Waals surface area contributed by atoms with E-state index < -0.39 is 0 Å². The lowest BCUT2D eigenvalue weighted by Crippen LogP contribution is -2.31. The van der Waals surface area contributed by atoms with Crippen molar-refractivity contribution in [2.24, 2.45) is 11.0 Å². The minimum Gasteiger partial charge on any atom is -0.466 e. The molecule has 0 aromatic heterocycles. The molecule has 208 valence electrons. The van der Waals surface area contributed by atoms with Gasteiger partial charge in [0.05, 0.1) is 24.8 Å². The second-order valence-corrected chi connectivity index (χ2v) is 10.3. The highest BCUT2D eigenvalue weighted by Crippen LogP contribution is 2.27. The Balaban J connectivity index is 1.39. The van der Waals surface area contributed by atoms with Crippen LogP contribution in [0.2, 0.25) is 0 Å². The van der Waals surface area contributed by atoms with Crippen LogP contribution in [0.3, 0.4) is 0 Å². The van der Waals surface area contributed by atoms with E-state index in [1.165, 1.54) is 0 Å². The number of anilines is 1. The van der Waals surface area contributed by atoms with E-state index in [2.05, 4.69) is 10.4 Å². The minimum absolute atomic E-state index is 0.00935. The second kappa shape index (κ2) is 13.7. The number of nitrogens with zero attached hydrogens (tertiary/aromatic N) is 2. The van der Waals surface area contributed by atoms with E-state index >= 15 is 0 Å². The summed E-state index contributed by atoms with van der Waals surface area (Å²) in [5.74, 6) is -0.536. The highest BCUT2D eigenvalue weighted by molar-refractivity contribution is 6.04. The van der Waals surface area contributed by atoms with Gasteiger partial charge in [-0.15, -0.1) is 0 Å². The average molecular weight is 540 g/mol. The molecule has 1 unspecified atom stereocenters. The summed E-state index contributed by atoms with van der Waals surface area (Å²) < 4.78 is 4.98. The lowest BCUT2D eigenvalue weighted by atomic mass is 9.87. The third-order valence-electron chi connectivity index (χ3n) is 6.98. The van der Waals surface area contributed by atoms with Crippen molar-refractivity contribution in [3.8, 4) is 0 Å². The SMILES string of the molecule is CCOC(=O)CCc1ccc(NC(=O)C(c2ccc(CN3N=C(c4ccccc4)CCC3=O)cc2)C(C)C)cc1. The zero-order valence-corrected chi connectivity index (χ0v) is 23.4. The highest BCUT2D eigenvalue weighted by atomic mass is 16.5. The van der Waals surface area contributed by atoms with Crippen LogP contribution in [0.15, 0.2) is 84.0 Å². The van der Waals surface area contributed by atoms with Gasteiger partial charge in [0.15, 0.2) is 0 Å². The summed E-state index contributed by atoms with van der Waals surface area (Å²) in [7, 11) is 0. The van der Waals surface area contributed by atoms with Gasteiger partial charge in [-0.2, -0.15) is 5.10 Å². The van der Waals surface area contributed by atoms with Crippen LogP contribution in [-0.2, 0) is 32.1 Å². The number of carbonyl (C=O) groups is 3. The van der Waals surface area contributed by atoms with Gasteiger partial charge in [-0.25, -0.2) is 5.01 Å². The minimum atomic E-state index is -0.336. The van der Waals surface area contributed by atoms with Gasteiger partial charge in [0.25, 0.3) is 0 Å². The molecule has 7 nitrogen and oxygen atoms in total. The van der Waals surface area contributed by atoms with Gasteiger partial charge < -0.3 is 10.1 Å². The standard InChI is InChI=1S/C33H37N3O4/c1-4-40-31(38)21-14-24-12-17-28(18-13-24)34-33(39)32(23(2)3)27-15-10-25(11-16-27)22-36-30(37)20-19-29(35-36)26-8-6-5-7-9-26/h5-13,15-18,23,32H,4,14,19-22H2,1-3H3,(H,34,39). The van der Waals surface area contributed by atoms with Crippen LogP contribution < -0.4 is 5.32 Å². The molecule has 1 heterocycles. The van der Waals surface area contributed by atoms with Crippen molar-refractivity contribution in [1.82, 2.24) is 5.01 Å². The van der Waals surface area contributed by atoms with Crippen LogP contribution >= 0.6 is 0 Å². The fraction of sp³-hybridized carbons (Fsp3) is 0.333.